The van der Waals surface area contributed by atoms with Crippen LogP contribution in [-0.4, -0.2) is 0 Å². The van der Waals surface area contributed by atoms with E-state index >= 15 is 0 Å². The van der Waals surface area contributed by atoms with Crippen LogP contribution in [0.4, 0.5) is 4.39 Å². The summed E-state index contributed by atoms with van der Waals surface area (Å²) in [6.07, 6.45) is 0. The van der Waals surface area contributed by atoms with Crippen LogP contribution in [0.3, 0.4) is 0 Å². The first-order chi connectivity index (χ1) is 6.18. The highest BCUT2D eigenvalue weighted by molar-refractivity contribution is 5.78. The molecule has 68 valence electrons. The van der Waals surface area contributed by atoms with E-state index in [4.69, 9.17) is 4.42 Å². The lowest BCUT2D eigenvalue weighted by Gasteiger charge is -1.95. The molecule has 0 saturated carbocycles. The largest absolute Gasteiger partial charge is 0.461 e. The molecule has 0 fully saturated rings. The van der Waals surface area contributed by atoms with E-state index in [1.54, 1.807) is 18.2 Å². The van der Waals surface area contributed by atoms with Gasteiger partial charge in [0.1, 0.15) is 17.2 Å². The number of halogens is 1. The highest BCUT2D eigenvalue weighted by atomic mass is 19.1. The van der Waals surface area contributed by atoms with Gasteiger partial charge >= 0.3 is 0 Å². The minimum Gasteiger partial charge on any atom is -0.461 e. The second-order valence-electron chi connectivity index (χ2n) is 3.46. The summed E-state index contributed by atoms with van der Waals surface area (Å²) in [4.78, 5) is 0. The molecule has 0 aliphatic carbocycles. The van der Waals surface area contributed by atoms with Crippen LogP contribution in [0.2, 0.25) is 0 Å². The lowest BCUT2D eigenvalue weighted by atomic mass is 10.1. The van der Waals surface area contributed by atoms with Crippen molar-refractivity contribution in [2.24, 2.45) is 0 Å². The number of hydrogen-bond acceptors (Lipinski definition) is 1. The Bertz CT molecular complexity index is 429. The molecule has 2 aromatic rings. The number of fused-ring (bicyclic) bond motifs is 1. The fourth-order valence-electron chi connectivity index (χ4n) is 1.33. The van der Waals surface area contributed by atoms with Crippen LogP contribution in [0.15, 0.2) is 28.7 Å². The van der Waals surface area contributed by atoms with Crippen LogP contribution < -0.4 is 0 Å². The molecule has 1 heterocycles. The van der Waals surface area contributed by atoms with Crippen molar-refractivity contribution in [3.05, 3.63) is 35.8 Å². The maximum absolute atomic E-state index is 13.2. The van der Waals surface area contributed by atoms with Crippen molar-refractivity contribution in [3.63, 3.8) is 0 Å². The molecule has 0 radical (unpaired) electrons. The Morgan fingerprint density at radius 1 is 1.31 bits per heavy atom. The topological polar surface area (TPSA) is 13.1 Å². The van der Waals surface area contributed by atoms with Gasteiger partial charge in [0.25, 0.3) is 0 Å². The van der Waals surface area contributed by atoms with Gasteiger partial charge < -0.3 is 4.42 Å². The molecule has 13 heavy (non-hydrogen) atoms. The molecule has 1 nitrogen and oxygen atoms in total. The van der Waals surface area contributed by atoms with Crippen molar-refractivity contribution in [1.82, 2.24) is 0 Å². The highest BCUT2D eigenvalue weighted by Crippen LogP contribution is 2.26. The number of benzene rings is 1. The average molecular weight is 178 g/mol. The van der Waals surface area contributed by atoms with Gasteiger partial charge in [-0.2, -0.15) is 0 Å². The third kappa shape index (κ3) is 1.32. The first kappa shape index (κ1) is 8.30. The molecule has 1 aromatic heterocycles. The van der Waals surface area contributed by atoms with Crippen molar-refractivity contribution >= 4 is 11.0 Å². The number of furan rings is 1. The Balaban J connectivity index is 2.68. The molecule has 1 aromatic carbocycles. The Morgan fingerprint density at radius 3 is 2.69 bits per heavy atom. The summed E-state index contributed by atoms with van der Waals surface area (Å²) in [6.45, 7) is 4.05. The molecule has 0 saturated heterocycles. The Hall–Kier alpha value is -1.31. The maximum atomic E-state index is 13.2. The van der Waals surface area contributed by atoms with Crippen molar-refractivity contribution in [2.45, 2.75) is 19.8 Å². The van der Waals surface area contributed by atoms with Gasteiger partial charge in [-0.05, 0) is 18.2 Å². The van der Waals surface area contributed by atoms with E-state index in [1.807, 2.05) is 13.8 Å². The van der Waals surface area contributed by atoms with E-state index in [-0.39, 0.29) is 5.82 Å². The molecule has 0 aliphatic rings. The summed E-state index contributed by atoms with van der Waals surface area (Å²) >= 11 is 0. The summed E-state index contributed by atoms with van der Waals surface area (Å²) in [5, 5.41) is 0.575. The van der Waals surface area contributed by atoms with Crippen LogP contribution in [0.25, 0.3) is 11.0 Å². The minimum atomic E-state index is -0.215. The molecule has 0 unspecified atom stereocenters. The SMILES string of the molecule is CC(C)c1cc2c(F)cccc2o1. The van der Waals surface area contributed by atoms with Gasteiger partial charge in [-0.1, -0.05) is 19.9 Å². The monoisotopic (exact) mass is 178 g/mol. The van der Waals surface area contributed by atoms with Crippen LogP contribution in [0.1, 0.15) is 25.5 Å². The van der Waals surface area contributed by atoms with Crippen molar-refractivity contribution in [3.8, 4) is 0 Å². The van der Waals surface area contributed by atoms with Gasteiger partial charge in [-0.25, -0.2) is 4.39 Å². The molecule has 0 N–H and O–H groups in total. The third-order valence-corrected chi connectivity index (χ3v) is 2.10. The summed E-state index contributed by atoms with van der Waals surface area (Å²) < 4.78 is 18.7. The minimum absolute atomic E-state index is 0.215. The first-order valence-corrected chi connectivity index (χ1v) is 4.36. The van der Waals surface area contributed by atoms with Crippen molar-refractivity contribution in [1.29, 1.82) is 0 Å². The van der Waals surface area contributed by atoms with E-state index < -0.39 is 0 Å². The fourth-order valence-corrected chi connectivity index (χ4v) is 1.33. The second kappa shape index (κ2) is 2.87. The van der Waals surface area contributed by atoms with Crippen molar-refractivity contribution in [2.75, 3.05) is 0 Å². The van der Waals surface area contributed by atoms with E-state index in [2.05, 4.69) is 0 Å². The molecule has 0 aliphatic heterocycles. The van der Waals surface area contributed by atoms with E-state index in [9.17, 15) is 4.39 Å². The lowest BCUT2D eigenvalue weighted by molar-refractivity contribution is 0.521. The summed E-state index contributed by atoms with van der Waals surface area (Å²) in [5.41, 5.74) is 0.628. The second-order valence-corrected chi connectivity index (χ2v) is 3.46. The Morgan fingerprint density at radius 2 is 2.08 bits per heavy atom. The number of rotatable bonds is 1. The molecule has 2 rings (SSSR count). The zero-order valence-electron chi connectivity index (χ0n) is 7.67. The molecule has 0 spiro atoms. The molecule has 0 atom stereocenters. The predicted octanol–water partition coefficient (Wildman–Crippen LogP) is 3.70. The summed E-state index contributed by atoms with van der Waals surface area (Å²) in [5.74, 6) is 0.917. The van der Waals surface area contributed by atoms with Crippen molar-refractivity contribution < 1.29 is 8.81 Å². The third-order valence-electron chi connectivity index (χ3n) is 2.10. The average Bonchev–Trinajstić information content (AvgIpc) is 2.49. The predicted molar refractivity (Wildman–Crippen MR) is 50.3 cm³/mol. The Kier molecular flexibility index (Phi) is 1.83. The van der Waals surface area contributed by atoms with E-state index in [0.29, 0.717) is 16.9 Å². The van der Waals surface area contributed by atoms with Gasteiger partial charge in [0, 0.05) is 5.92 Å². The van der Waals surface area contributed by atoms with Gasteiger partial charge in [-0.15, -0.1) is 0 Å². The van der Waals surface area contributed by atoms with Gasteiger partial charge in [-0.3, -0.25) is 0 Å². The quantitative estimate of drug-likeness (QED) is 0.649. The highest BCUT2D eigenvalue weighted by Gasteiger charge is 2.09. The maximum Gasteiger partial charge on any atom is 0.137 e. The van der Waals surface area contributed by atoms with Crippen LogP contribution in [0, 0.1) is 5.82 Å². The van der Waals surface area contributed by atoms with Gasteiger partial charge in [0.05, 0.1) is 5.39 Å². The van der Waals surface area contributed by atoms with Gasteiger partial charge in [0.15, 0.2) is 0 Å². The zero-order chi connectivity index (χ0) is 9.42. The number of hydrogen-bond donors (Lipinski definition) is 0. The molecule has 0 amide bonds. The lowest BCUT2D eigenvalue weighted by Crippen LogP contribution is -1.79. The standard InChI is InChI=1S/C11H11FO/c1-7(2)11-6-8-9(12)4-3-5-10(8)13-11/h3-7H,1-2H3. The zero-order valence-corrected chi connectivity index (χ0v) is 7.67. The smallest absolute Gasteiger partial charge is 0.137 e. The van der Waals surface area contributed by atoms with E-state index in [1.165, 1.54) is 6.07 Å². The van der Waals surface area contributed by atoms with Crippen LogP contribution >= 0.6 is 0 Å². The van der Waals surface area contributed by atoms with Crippen LogP contribution in [-0.2, 0) is 0 Å². The normalized spacial score (nSPS) is 11.4. The van der Waals surface area contributed by atoms with E-state index in [0.717, 1.165) is 5.76 Å². The fraction of sp³-hybridized carbons (Fsp3) is 0.273. The van der Waals surface area contributed by atoms with Gasteiger partial charge in [0.2, 0.25) is 0 Å². The molecular formula is C11H11FO. The Labute approximate surface area is 76.2 Å². The summed E-state index contributed by atoms with van der Waals surface area (Å²) in [7, 11) is 0. The van der Waals surface area contributed by atoms with Crippen LogP contribution in [0.5, 0.6) is 0 Å². The first-order valence-electron chi connectivity index (χ1n) is 4.36. The molecule has 2 heteroatoms. The molecular weight excluding hydrogens is 167 g/mol. The summed E-state index contributed by atoms with van der Waals surface area (Å²) in [6, 6.07) is 6.66. The molecule has 0 bridgehead atoms.